The van der Waals surface area contributed by atoms with Gasteiger partial charge < -0.3 is 13.9 Å². The first kappa shape index (κ1) is 20.8. The van der Waals surface area contributed by atoms with Crippen molar-refractivity contribution in [2.45, 2.75) is 52.2 Å². The van der Waals surface area contributed by atoms with Crippen molar-refractivity contribution < 1.29 is 23.5 Å². The average Bonchev–Trinajstić information content (AvgIpc) is 3.13. The molecular formula is C23H24N2O6. The van der Waals surface area contributed by atoms with Crippen molar-refractivity contribution in [3.8, 4) is 0 Å². The van der Waals surface area contributed by atoms with Crippen LogP contribution in [-0.4, -0.2) is 28.6 Å². The maximum absolute atomic E-state index is 12.9. The highest BCUT2D eigenvalue weighted by atomic mass is 16.6. The minimum absolute atomic E-state index is 0.0665. The fraction of sp³-hybridized carbons (Fsp3) is 0.391. The van der Waals surface area contributed by atoms with Gasteiger partial charge in [-0.25, -0.2) is 14.6 Å². The van der Waals surface area contributed by atoms with Crippen molar-refractivity contribution in [3.05, 3.63) is 63.1 Å². The molecule has 0 radical (unpaired) electrons. The van der Waals surface area contributed by atoms with Crippen LogP contribution in [0.25, 0.3) is 10.9 Å². The summed E-state index contributed by atoms with van der Waals surface area (Å²) in [5, 5.41) is 0.491. The van der Waals surface area contributed by atoms with E-state index < -0.39 is 11.9 Å². The number of carbonyl (C=O) groups is 2. The lowest BCUT2D eigenvalue weighted by Gasteiger charge is -2.16. The second-order valence-electron chi connectivity index (χ2n) is 7.67. The van der Waals surface area contributed by atoms with Crippen molar-refractivity contribution in [3.63, 3.8) is 0 Å². The summed E-state index contributed by atoms with van der Waals surface area (Å²) in [5.74, 6) is 0.0374. The summed E-state index contributed by atoms with van der Waals surface area (Å²) in [6, 6.07) is 6.41. The van der Waals surface area contributed by atoms with Crippen LogP contribution in [0.4, 0.5) is 0 Å². The lowest BCUT2D eigenvalue weighted by Crippen LogP contribution is -2.26. The Kier molecular flexibility index (Phi) is 5.88. The maximum Gasteiger partial charge on any atom is 0.374 e. The van der Waals surface area contributed by atoms with Gasteiger partial charge in [-0.2, -0.15) is 0 Å². The number of nitrogens with zero attached hydrogens (tertiary/aromatic N) is 2. The largest absolute Gasteiger partial charge is 0.463 e. The number of hydrogen-bond acceptors (Lipinski definition) is 7. The molecule has 0 N–H and O–H groups in total. The zero-order valence-electron chi connectivity index (χ0n) is 17.6. The van der Waals surface area contributed by atoms with Crippen molar-refractivity contribution >= 4 is 22.8 Å². The number of aromatic nitrogens is 2. The van der Waals surface area contributed by atoms with E-state index in [1.165, 1.54) is 7.11 Å². The highest BCUT2D eigenvalue weighted by Crippen LogP contribution is 2.19. The Morgan fingerprint density at radius 2 is 1.94 bits per heavy atom. The van der Waals surface area contributed by atoms with Gasteiger partial charge in [-0.1, -0.05) is 12.8 Å². The standard InChI is InChI=1S/C23H24N2O6/c1-14-11-16(31-20(14)23(28)29-2)13-30-22(27)15-8-9-17-18(12-15)24-19-7-5-3-4-6-10-25(19)21(17)26/h8-9,11-12H,3-7,10,13H2,1-2H3. The number of methoxy groups -OCH3 is 1. The number of hydrogen-bond donors (Lipinski definition) is 0. The lowest BCUT2D eigenvalue weighted by atomic mass is 10.1. The predicted molar refractivity (Wildman–Crippen MR) is 112 cm³/mol. The van der Waals surface area contributed by atoms with Crippen molar-refractivity contribution in [1.82, 2.24) is 9.55 Å². The van der Waals surface area contributed by atoms with Gasteiger partial charge in [0.25, 0.3) is 5.56 Å². The predicted octanol–water partition coefficient (Wildman–Crippen LogP) is 3.56. The SMILES string of the molecule is COC(=O)c1oc(COC(=O)c2ccc3c(=O)n4c(nc3c2)CCCCCC4)cc1C. The molecule has 0 bridgehead atoms. The Morgan fingerprint density at radius 3 is 2.74 bits per heavy atom. The first-order valence-corrected chi connectivity index (χ1v) is 10.4. The van der Waals surface area contributed by atoms with Crippen LogP contribution in [0.15, 0.2) is 33.5 Å². The second-order valence-corrected chi connectivity index (χ2v) is 7.67. The molecule has 4 rings (SSSR count). The van der Waals surface area contributed by atoms with E-state index in [-0.39, 0.29) is 17.9 Å². The molecule has 0 spiro atoms. The molecule has 1 aliphatic heterocycles. The monoisotopic (exact) mass is 424 g/mol. The fourth-order valence-electron chi connectivity index (χ4n) is 3.86. The van der Waals surface area contributed by atoms with E-state index in [0.717, 1.165) is 37.9 Å². The van der Waals surface area contributed by atoms with E-state index in [1.54, 1.807) is 35.8 Å². The first-order chi connectivity index (χ1) is 15.0. The molecule has 1 aromatic carbocycles. The fourth-order valence-corrected chi connectivity index (χ4v) is 3.86. The molecule has 8 heteroatoms. The number of carbonyl (C=O) groups excluding carboxylic acids is 2. The summed E-state index contributed by atoms with van der Waals surface area (Å²) in [7, 11) is 1.27. The van der Waals surface area contributed by atoms with Gasteiger partial charge >= 0.3 is 11.9 Å². The Morgan fingerprint density at radius 1 is 1.13 bits per heavy atom. The van der Waals surface area contributed by atoms with Crippen molar-refractivity contribution in [2.24, 2.45) is 0 Å². The Bertz CT molecular complexity index is 1210. The number of ether oxygens (including phenoxy) is 2. The molecule has 3 heterocycles. The highest BCUT2D eigenvalue weighted by Gasteiger charge is 2.18. The van der Waals surface area contributed by atoms with Gasteiger partial charge in [0.2, 0.25) is 5.76 Å². The van der Waals surface area contributed by atoms with E-state index in [4.69, 9.17) is 9.15 Å². The Hall–Kier alpha value is -3.42. The van der Waals surface area contributed by atoms with Crippen LogP contribution in [0, 0.1) is 6.92 Å². The van der Waals surface area contributed by atoms with Crippen LogP contribution in [-0.2, 0) is 29.0 Å². The summed E-state index contributed by atoms with van der Waals surface area (Å²) in [6.45, 7) is 2.26. The van der Waals surface area contributed by atoms with E-state index >= 15 is 0 Å². The van der Waals surface area contributed by atoms with Crippen molar-refractivity contribution in [1.29, 1.82) is 0 Å². The van der Waals surface area contributed by atoms with Crippen molar-refractivity contribution in [2.75, 3.05) is 7.11 Å². The molecule has 31 heavy (non-hydrogen) atoms. The molecule has 162 valence electrons. The van der Waals surface area contributed by atoms with E-state index in [2.05, 4.69) is 9.72 Å². The normalized spacial score (nSPS) is 13.9. The summed E-state index contributed by atoms with van der Waals surface area (Å²) in [5.41, 5.74) is 1.33. The third-order valence-corrected chi connectivity index (χ3v) is 5.49. The van der Waals surface area contributed by atoms with E-state index in [9.17, 15) is 14.4 Å². The molecule has 0 aliphatic carbocycles. The number of aryl methyl sites for hydroxylation is 2. The molecule has 8 nitrogen and oxygen atoms in total. The summed E-state index contributed by atoms with van der Waals surface area (Å²) in [6.07, 6.45) is 4.96. The quantitative estimate of drug-likeness (QED) is 0.590. The Balaban J connectivity index is 1.55. The topological polar surface area (TPSA) is 101 Å². The smallest absolute Gasteiger partial charge is 0.374 e. The van der Waals surface area contributed by atoms with Gasteiger partial charge in [-0.15, -0.1) is 0 Å². The molecule has 0 saturated heterocycles. The van der Waals surface area contributed by atoms with Crippen LogP contribution >= 0.6 is 0 Å². The number of benzene rings is 1. The van der Waals surface area contributed by atoms with Gasteiger partial charge in [-0.05, 0) is 44.0 Å². The maximum atomic E-state index is 12.9. The van der Waals surface area contributed by atoms with Crippen LogP contribution in [0.1, 0.15) is 63.7 Å². The van der Waals surface area contributed by atoms with Gasteiger partial charge in [0, 0.05) is 18.5 Å². The Labute approximate surface area is 178 Å². The molecule has 2 aromatic heterocycles. The molecule has 0 unspecified atom stereocenters. The molecular weight excluding hydrogens is 400 g/mol. The highest BCUT2D eigenvalue weighted by molar-refractivity contribution is 5.94. The molecule has 3 aromatic rings. The minimum Gasteiger partial charge on any atom is -0.463 e. The molecule has 0 amide bonds. The number of rotatable bonds is 4. The zero-order chi connectivity index (χ0) is 22.0. The van der Waals surface area contributed by atoms with E-state index in [0.29, 0.717) is 34.3 Å². The van der Waals surface area contributed by atoms with Gasteiger partial charge in [0.05, 0.1) is 23.6 Å². The lowest BCUT2D eigenvalue weighted by molar-refractivity contribution is 0.0438. The molecule has 0 atom stereocenters. The third-order valence-electron chi connectivity index (χ3n) is 5.49. The van der Waals surface area contributed by atoms with Crippen LogP contribution in [0.3, 0.4) is 0 Å². The third kappa shape index (κ3) is 4.23. The number of fused-ring (bicyclic) bond motifs is 2. The van der Waals surface area contributed by atoms with Crippen LogP contribution < -0.4 is 5.56 Å². The molecule has 0 saturated carbocycles. The summed E-state index contributed by atoms with van der Waals surface area (Å²) < 4.78 is 17.2. The zero-order valence-corrected chi connectivity index (χ0v) is 17.6. The molecule has 1 aliphatic rings. The first-order valence-electron chi connectivity index (χ1n) is 10.4. The molecule has 0 fully saturated rings. The van der Waals surface area contributed by atoms with E-state index in [1.807, 2.05) is 0 Å². The van der Waals surface area contributed by atoms with Gasteiger partial charge in [0.15, 0.2) is 0 Å². The summed E-state index contributed by atoms with van der Waals surface area (Å²) >= 11 is 0. The van der Waals surface area contributed by atoms with Gasteiger partial charge in [0.1, 0.15) is 18.2 Å². The minimum atomic E-state index is -0.586. The van der Waals surface area contributed by atoms with Gasteiger partial charge in [-0.3, -0.25) is 9.36 Å². The summed E-state index contributed by atoms with van der Waals surface area (Å²) in [4.78, 5) is 41.8. The second kappa shape index (κ2) is 8.75. The van der Waals surface area contributed by atoms with Crippen LogP contribution in [0.2, 0.25) is 0 Å². The number of esters is 2. The number of furan rings is 1. The average molecular weight is 424 g/mol. The van der Waals surface area contributed by atoms with Crippen LogP contribution in [0.5, 0.6) is 0 Å².